The Labute approximate surface area is 143 Å². The first kappa shape index (κ1) is 17.9. The van der Waals surface area contributed by atoms with Gasteiger partial charge in [-0.1, -0.05) is 29.3 Å². The molecule has 0 bridgehead atoms. The smallest absolute Gasteiger partial charge is 0.337 e. The number of hydrazine groups is 1. The summed E-state index contributed by atoms with van der Waals surface area (Å²) in [6.45, 7) is 1.85. The van der Waals surface area contributed by atoms with Gasteiger partial charge >= 0.3 is 5.97 Å². The number of carbonyl (C=O) groups is 2. The molecule has 3 N–H and O–H groups in total. The summed E-state index contributed by atoms with van der Waals surface area (Å²) in [4.78, 5) is 24.5. The van der Waals surface area contributed by atoms with Crippen LogP contribution in [0.15, 0.2) is 47.4 Å². The van der Waals surface area contributed by atoms with Crippen LogP contribution < -0.4 is 10.3 Å². The standard InChI is InChI=1S/C15H13ClN2O5S/c1-9-2-4-10(5-3-9)14(19)17-18-24(22,23)11-6-7-13(16)12(8-11)15(20)21/h2-8,18H,1H3,(H,17,19)(H,20,21). The second-order valence-electron chi connectivity index (χ2n) is 4.87. The Morgan fingerprint density at radius 3 is 2.29 bits per heavy atom. The van der Waals surface area contributed by atoms with E-state index in [2.05, 4.69) is 5.43 Å². The molecule has 0 aromatic heterocycles. The Morgan fingerprint density at radius 1 is 1.08 bits per heavy atom. The van der Waals surface area contributed by atoms with Crippen LogP contribution in [0.25, 0.3) is 0 Å². The molecule has 0 unspecified atom stereocenters. The Bertz CT molecular complexity index is 895. The van der Waals surface area contributed by atoms with Crippen LogP contribution in [0.1, 0.15) is 26.3 Å². The van der Waals surface area contributed by atoms with Crippen molar-refractivity contribution in [1.82, 2.24) is 10.3 Å². The van der Waals surface area contributed by atoms with Gasteiger partial charge in [0.1, 0.15) is 0 Å². The molecule has 0 radical (unpaired) electrons. The van der Waals surface area contributed by atoms with Gasteiger partial charge in [-0.25, -0.2) is 13.2 Å². The average Bonchev–Trinajstić information content (AvgIpc) is 2.53. The van der Waals surface area contributed by atoms with Crippen molar-refractivity contribution in [2.75, 3.05) is 0 Å². The number of aryl methyl sites for hydroxylation is 1. The van der Waals surface area contributed by atoms with E-state index < -0.39 is 21.9 Å². The molecule has 7 nitrogen and oxygen atoms in total. The van der Waals surface area contributed by atoms with Gasteiger partial charge in [0.05, 0.1) is 15.5 Å². The highest BCUT2D eigenvalue weighted by atomic mass is 35.5. The predicted molar refractivity (Wildman–Crippen MR) is 87.4 cm³/mol. The van der Waals surface area contributed by atoms with Gasteiger partial charge in [0.25, 0.3) is 15.9 Å². The SMILES string of the molecule is Cc1ccc(C(=O)NNS(=O)(=O)c2ccc(Cl)c(C(=O)O)c2)cc1. The van der Waals surface area contributed by atoms with Crippen molar-refractivity contribution >= 4 is 33.5 Å². The van der Waals surface area contributed by atoms with Crippen LogP contribution in [-0.4, -0.2) is 25.4 Å². The zero-order valence-electron chi connectivity index (χ0n) is 12.4. The first-order chi connectivity index (χ1) is 11.2. The molecule has 0 fully saturated rings. The van der Waals surface area contributed by atoms with Gasteiger partial charge < -0.3 is 5.11 Å². The number of halogens is 1. The predicted octanol–water partition coefficient (Wildman–Crippen LogP) is 1.97. The van der Waals surface area contributed by atoms with Crippen LogP contribution in [0.5, 0.6) is 0 Å². The van der Waals surface area contributed by atoms with E-state index in [4.69, 9.17) is 16.7 Å². The second kappa shape index (κ2) is 7.00. The van der Waals surface area contributed by atoms with Gasteiger partial charge in [-0.05, 0) is 37.3 Å². The number of carbonyl (C=O) groups excluding carboxylic acids is 1. The molecule has 9 heteroatoms. The second-order valence-corrected chi connectivity index (χ2v) is 6.96. The number of aromatic carboxylic acids is 1. The van der Waals surface area contributed by atoms with E-state index in [0.717, 1.165) is 23.8 Å². The van der Waals surface area contributed by atoms with Gasteiger partial charge in [-0.3, -0.25) is 10.2 Å². The number of benzene rings is 2. The molecule has 0 heterocycles. The first-order valence-corrected chi connectivity index (χ1v) is 8.48. The van der Waals surface area contributed by atoms with E-state index in [-0.39, 0.29) is 21.0 Å². The van der Waals surface area contributed by atoms with Crippen LogP contribution in [0.2, 0.25) is 5.02 Å². The lowest BCUT2D eigenvalue weighted by Gasteiger charge is -2.09. The van der Waals surface area contributed by atoms with Gasteiger partial charge in [0, 0.05) is 5.56 Å². The topological polar surface area (TPSA) is 113 Å². The molecule has 0 aliphatic rings. The lowest BCUT2D eigenvalue weighted by atomic mass is 10.1. The molecule has 1 amide bonds. The fraction of sp³-hybridized carbons (Fsp3) is 0.0667. The maximum absolute atomic E-state index is 12.1. The number of hydrogen-bond acceptors (Lipinski definition) is 4. The van der Waals surface area contributed by atoms with Crippen LogP contribution in [0.3, 0.4) is 0 Å². The third kappa shape index (κ3) is 4.10. The summed E-state index contributed by atoms with van der Waals surface area (Å²) in [5, 5.41) is 8.88. The number of carboxylic acid groups (broad SMARTS) is 1. The maximum atomic E-state index is 12.1. The van der Waals surface area contributed by atoms with E-state index in [1.807, 2.05) is 11.8 Å². The van der Waals surface area contributed by atoms with Crippen molar-refractivity contribution in [2.24, 2.45) is 0 Å². The van der Waals surface area contributed by atoms with Crippen molar-refractivity contribution in [1.29, 1.82) is 0 Å². The van der Waals surface area contributed by atoms with E-state index >= 15 is 0 Å². The number of sulfonamides is 1. The van der Waals surface area contributed by atoms with Crippen molar-refractivity contribution in [3.63, 3.8) is 0 Å². The molecule has 0 saturated carbocycles. The molecular weight excluding hydrogens is 356 g/mol. The van der Waals surface area contributed by atoms with Gasteiger partial charge in [0.2, 0.25) is 0 Å². The molecule has 0 aliphatic carbocycles. The Hall–Kier alpha value is -2.42. The Morgan fingerprint density at radius 2 is 1.71 bits per heavy atom. The van der Waals surface area contributed by atoms with Gasteiger partial charge in [0.15, 0.2) is 0 Å². The molecule has 0 saturated heterocycles. The number of hydrogen-bond donors (Lipinski definition) is 3. The molecule has 0 spiro atoms. The molecule has 24 heavy (non-hydrogen) atoms. The summed E-state index contributed by atoms with van der Waals surface area (Å²) in [5.74, 6) is -2.01. The Kier molecular flexibility index (Phi) is 5.23. The van der Waals surface area contributed by atoms with Gasteiger partial charge in [-0.2, -0.15) is 0 Å². The molecule has 0 atom stereocenters. The summed E-state index contributed by atoms with van der Waals surface area (Å²) in [5.41, 5.74) is 2.93. The lowest BCUT2D eigenvalue weighted by molar-refractivity contribution is 0.0696. The minimum atomic E-state index is -4.15. The molecule has 126 valence electrons. The fourth-order valence-electron chi connectivity index (χ4n) is 1.78. The number of nitrogens with one attached hydrogen (secondary N) is 2. The first-order valence-electron chi connectivity index (χ1n) is 6.62. The highest BCUT2D eigenvalue weighted by Crippen LogP contribution is 2.20. The van der Waals surface area contributed by atoms with Crippen LogP contribution in [0.4, 0.5) is 0 Å². The molecule has 2 aromatic rings. The summed E-state index contributed by atoms with van der Waals surface area (Å²) in [6.07, 6.45) is 0. The van der Waals surface area contributed by atoms with Crippen molar-refractivity contribution in [2.45, 2.75) is 11.8 Å². The quantitative estimate of drug-likeness (QED) is 0.698. The van der Waals surface area contributed by atoms with Crippen LogP contribution in [0, 0.1) is 6.92 Å². The minimum Gasteiger partial charge on any atom is -0.478 e. The van der Waals surface area contributed by atoms with Crippen molar-refractivity contribution in [3.05, 3.63) is 64.2 Å². The summed E-state index contributed by atoms with van der Waals surface area (Å²) >= 11 is 5.70. The monoisotopic (exact) mass is 368 g/mol. The largest absolute Gasteiger partial charge is 0.478 e. The van der Waals surface area contributed by atoms with E-state index in [9.17, 15) is 18.0 Å². The van der Waals surface area contributed by atoms with Crippen LogP contribution in [-0.2, 0) is 10.0 Å². The fourth-order valence-corrected chi connectivity index (χ4v) is 2.85. The third-order valence-electron chi connectivity index (χ3n) is 3.09. The summed E-state index contributed by atoms with van der Waals surface area (Å²) < 4.78 is 24.3. The van der Waals surface area contributed by atoms with Crippen LogP contribution >= 0.6 is 11.6 Å². The highest BCUT2D eigenvalue weighted by molar-refractivity contribution is 7.89. The third-order valence-corrected chi connectivity index (χ3v) is 4.67. The molecule has 0 aliphatic heterocycles. The number of rotatable bonds is 5. The minimum absolute atomic E-state index is 0.0925. The zero-order chi connectivity index (χ0) is 17.9. The number of amides is 1. The van der Waals surface area contributed by atoms with E-state index in [1.54, 1.807) is 24.3 Å². The zero-order valence-corrected chi connectivity index (χ0v) is 14.0. The van der Waals surface area contributed by atoms with E-state index in [0.29, 0.717) is 0 Å². The number of carboxylic acids is 1. The summed E-state index contributed by atoms with van der Waals surface area (Å²) in [6, 6.07) is 9.71. The maximum Gasteiger partial charge on any atom is 0.337 e. The molecular formula is C15H13ClN2O5S. The molecule has 2 aromatic carbocycles. The Balaban J connectivity index is 2.17. The van der Waals surface area contributed by atoms with Crippen molar-refractivity contribution < 1.29 is 23.1 Å². The summed E-state index contributed by atoms with van der Waals surface area (Å²) in [7, 11) is -4.15. The highest BCUT2D eigenvalue weighted by Gasteiger charge is 2.19. The van der Waals surface area contributed by atoms with Gasteiger partial charge in [-0.15, -0.1) is 4.83 Å². The van der Waals surface area contributed by atoms with Crippen molar-refractivity contribution in [3.8, 4) is 0 Å². The molecule has 2 rings (SSSR count). The van der Waals surface area contributed by atoms with E-state index in [1.165, 1.54) is 0 Å². The normalized spacial score (nSPS) is 11.1. The average molecular weight is 369 g/mol. The lowest BCUT2D eigenvalue weighted by Crippen LogP contribution is -2.41.